The summed E-state index contributed by atoms with van der Waals surface area (Å²) in [6.45, 7) is 10.5. The van der Waals surface area contributed by atoms with Crippen LogP contribution in [0.4, 0.5) is 0 Å². The smallest absolute Gasteiger partial charge is 0.127 e. The summed E-state index contributed by atoms with van der Waals surface area (Å²) >= 11 is 0. The van der Waals surface area contributed by atoms with Crippen molar-refractivity contribution >= 4 is 5.84 Å². The number of allylic oxidation sites excluding steroid dienone is 1. The standard InChI is InChI=1S/C17H28N2/c1-4-15(3)19(17-12-14(2)13-18-17)11-6-5-8-16-9-7-10-16/h12,16H,3-11,13H2,1-2H3. The Morgan fingerprint density at radius 3 is 2.74 bits per heavy atom. The molecule has 1 aliphatic heterocycles. The summed E-state index contributed by atoms with van der Waals surface area (Å²) < 4.78 is 0. The molecular weight excluding hydrogens is 232 g/mol. The maximum atomic E-state index is 4.62. The minimum Gasteiger partial charge on any atom is -0.331 e. The molecule has 0 unspecified atom stereocenters. The number of amidine groups is 1. The topological polar surface area (TPSA) is 15.6 Å². The van der Waals surface area contributed by atoms with E-state index < -0.39 is 0 Å². The molecule has 0 N–H and O–H groups in total. The zero-order valence-corrected chi connectivity index (χ0v) is 12.6. The molecule has 0 aromatic heterocycles. The van der Waals surface area contributed by atoms with Gasteiger partial charge in [0, 0.05) is 12.2 Å². The maximum absolute atomic E-state index is 4.62. The molecule has 0 atom stereocenters. The zero-order valence-electron chi connectivity index (χ0n) is 12.6. The average molecular weight is 260 g/mol. The summed E-state index contributed by atoms with van der Waals surface area (Å²) in [5.74, 6) is 2.17. The highest BCUT2D eigenvalue weighted by Crippen LogP contribution is 2.30. The van der Waals surface area contributed by atoms with Crippen molar-refractivity contribution in [1.29, 1.82) is 0 Å². The van der Waals surface area contributed by atoms with E-state index in [9.17, 15) is 0 Å². The minimum atomic E-state index is 0.866. The lowest BCUT2D eigenvalue weighted by Crippen LogP contribution is -2.29. The highest BCUT2D eigenvalue weighted by atomic mass is 15.2. The van der Waals surface area contributed by atoms with Crippen LogP contribution < -0.4 is 0 Å². The van der Waals surface area contributed by atoms with E-state index in [1.807, 2.05) is 0 Å². The molecule has 0 spiro atoms. The first-order valence-electron chi connectivity index (χ1n) is 7.87. The van der Waals surface area contributed by atoms with Crippen LogP contribution >= 0.6 is 0 Å². The fourth-order valence-electron chi connectivity index (χ4n) is 2.79. The van der Waals surface area contributed by atoms with Gasteiger partial charge in [0.25, 0.3) is 0 Å². The number of unbranched alkanes of at least 4 members (excludes halogenated alkanes) is 1. The molecule has 0 radical (unpaired) electrons. The zero-order chi connectivity index (χ0) is 13.7. The van der Waals surface area contributed by atoms with Crippen molar-refractivity contribution in [2.24, 2.45) is 10.9 Å². The Hall–Kier alpha value is -1.05. The molecule has 1 fully saturated rings. The summed E-state index contributed by atoms with van der Waals surface area (Å²) in [5.41, 5.74) is 2.56. The lowest BCUT2D eigenvalue weighted by atomic mass is 9.82. The first kappa shape index (κ1) is 14.4. The molecule has 0 amide bonds. The van der Waals surface area contributed by atoms with Gasteiger partial charge in [0.15, 0.2) is 0 Å². The van der Waals surface area contributed by atoms with Crippen LogP contribution in [0.5, 0.6) is 0 Å². The highest BCUT2D eigenvalue weighted by Gasteiger charge is 2.18. The third-order valence-corrected chi connectivity index (χ3v) is 4.40. The average Bonchev–Trinajstić information content (AvgIpc) is 2.77. The van der Waals surface area contributed by atoms with Crippen LogP contribution in [0, 0.1) is 5.92 Å². The van der Waals surface area contributed by atoms with Gasteiger partial charge in [-0.05, 0) is 37.3 Å². The first-order chi connectivity index (χ1) is 9.20. The van der Waals surface area contributed by atoms with Crippen molar-refractivity contribution in [3.8, 4) is 0 Å². The summed E-state index contributed by atoms with van der Waals surface area (Å²) in [5, 5.41) is 0. The largest absolute Gasteiger partial charge is 0.331 e. The number of rotatable bonds is 7. The second kappa shape index (κ2) is 6.93. The molecule has 0 bridgehead atoms. The van der Waals surface area contributed by atoms with Gasteiger partial charge >= 0.3 is 0 Å². The minimum absolute atomic E-state index is 0.866. The van der Waals surface area contributed by atoms with Gasteiger partial charge in [-0.25, -0.2) is 0 Å². The molecule has 0 saturated heterocycles. The van der Waals surface area contributed by atoms with Crippen LogP contribution in [-0.2, 0) is 0 Å². The summed E-state index contributed by atoms with van der Waals surface area (Å²) in [7, 11) is 0. The van der Waals surface area contributed by atoms with Gasteiger partial charge in [0.1, 0.15) is 5.84 Å². The predicted molar refractivity (Wildman–Crippen MR) is 83.4 cm³/mol. The van der Waals surface area contributed by atoms with E-state index in [-0.39, 0.29) is 0 Å². The molecule has 106 valence electrons. The molecule has 0 aromatic carbocycles. The van der Waals surface area contributed by atoms with E-state index in [4.69, 9.17) is 0 Å². The SMILES string of the molecule is C=C(CC)N(CCCCC1CCC1)C1=NCC(C)=C1. The molecule has 19 heavy (non-hydrogen) atoms. The van der Waals surface area contributed by atoms with E-state index in [1.54, 1.807) is 0 Å². The Kier molecular flexibility index (Phi) is 5.24. The van der Waals surface area contributed by atoms with Crippen LogP contribution in [0.1, 0.15) is 58.8 Å². The first-order valence-corrected chi connectivity index (χ1v) is 7.87. The normalized spacial score (nSPS) is 18.8. The van der Waals surface area contributed by atoms with Gasteiger partial charge in [0.2, 0.25) is 0 Å². The quantitative estimate of drug-likeness (QED) is 0.614. The highest BCUT2D eigenvalue weighted by molar-refractivity contribution is 5.96. The van der Waals surface area contributed by atoms with Gasteiger partial charge in [-0.1, -0.05) is 45.6 Å². The van der Waals surface area contributed by atoms with Gasteiger partial charge in [-0.3, -0.25) is 4.99 Å². The Bertz CT molecular complexity index is 375. The molecule has 1 aliphatic carbocycles. The van der Waals surface area contributed by atoms with E-state index in [2.05, 4.69) is 36.4 Å². The Morgan fingerprint density at radius 2 is 2.21 bits per heavy atom. The van der Waals surface area contributed by atoms with Crippen molar-refractivity contribution in [1.82, 2.24) is 4.90 Å². The van der Waals surface area contributed by atoms with Crippen LogP contribution in [0.2, 0.25) is 0 Å². The number of hydrogen-bond donors (Lipinski definition) is 0. The monoisotopic (exact) mass is 260 g/mol. The third kappa shape index (κ3) is 3.95. The van der Waals surface area contributed by atoms with Crippen LogP contribution in [-0.4, -0.2) is 23.8 Å². The van der Waals surface area contributed by atoms with Gasteiger partial charge in [-0.2, -0.15) is 0 Å². The van der Waals surface area contributed by atoms with Crippen LogP contribution in [0.3, 0.4) is 0 Å². The maximum Gasteiger partial charge on any atom is 0.127 e. The molecule has 1 saturated carbocycles. The Labute approximate surface area is 118 Å². The fraction of sp³-hybridized carbons (Fsp3) is 0.706. The van der Waals surface area contributed by atoms with Crippen LogP contribution in [0.25, 0.3) is 0 Å². The van der Waals surface area contributed by atoms with E-state index >= 15 is 0 Å². The van der Waals surface area contributed by atoms with E-state index in [0.717, 1.165) is 31.3 Å². The van der Waals surface area contributed by atoms with E-state index in [1.165, 1.54) is 49.8 Å². The lowest BCUT2D eigenvalue weighted by molar-refractivity contribution is 0.284. The molecule has 1 heterocycles. The van der Waals surface area contributed by atoms with Crippen molar-refractivity contribution in [2.75, 3.05) is 13.1 Å². The Balaban J connectivity index is 1.78. The number of hydrogen-bond acceptors (Lipinski definition) is 2. The molecule has 2 aliphatic rings. The predicted octanol–water partition coefficient (Wildman–Crippen LogP) is 4.54. The molecule has 2 nitrogen and oxygen atoms in total. The third-order valence-electron chi connectivity index (χ3n) is 4.40. The summed E-state index contributed by atoms with van der Waals surface area (Å²) in [6.07, 6.45) is 11.7. The van der Waals surface area contributed by atoms with Gasteiger partial charge < -0.3 is 4.90 Å². The van der Waals surface area contributed by atoms with Crippen molar-refractivity contribution in [3.63, 3.8) is 0 Å². The van der Waals surface area contributed by atoms with Crippen molar-refractivity contribution in [2.45, 2.75) is 58.8 Å². The number of aliphatic imine (C=N–C) groups is 1. The van der Waals surface area contributed by atoms with Crippen molar-refractivity contribution < 1.29 is 0 Å². The Morgan fingerprint density at radius 1 is 1.42 bits per heavy atom. The van der Waals surface area contributed by atoms with E-state index in [0.29, 0.717) is 0 Å². The molecule has 2 rings (SSSR count). The second-order valence-electron chi connectivity index (χ2n) is 6.03. The molecule has 0 aromatic rings. The van der Waals surface area contributed by atoms with Gasteiger partial charge in [0.05, 0.1) is 6.54 Å². The fourth-order valence-corrected chi connectivity index (χ4v) is 2.79. The molecular formula is C17H28N2. The van der Waals surface area contributed by atoms with Crippen molar-refractivity contribution in [3.05, 3.63) is 23.9 Å². The summed E-state index contributed by atoms with van der Waals surface area (Å²) in [4.78, 5) is 6.95. The second-order valence-corrected chi connectivity index (χ2v) is 6.03. The summed E-state index contributed by atoms with van der Waals surface area (Å²) in [6, 6.07) is 0. The van der Waals surface area contributed by atoms with Gasteiger partial charge in [-0.15, -0.1) is 0 Å². The van der Waals surface area contributed by atoms with Crippen LogP contribution in [0.15, 0.2) is 28.9 Å². The molecule has 2 heteroatoms. The lowest BCUT2D eigenvalue weighted by Gasteiger charge is -2.27. The number of nitrogens with zero attached hydrogens (tertiary/aromatic N) is 2.